The minimum atomic E-state index is 0.207. The molecule has 0 bridgehead atoms. The molecule has 0 aliphatic heterocycles. The minimum Gasteiger partial charge on any atom is -0.368 e. The zero-order chi connectivity index (χ0) is 9.97. The second kappa shape index (κ2) is 4.09. The van der Waals surface area contributed by atoms with E-state index in [2.05, 4.69) is 15.0 Å². The molecule has 0 aromatic carbocycles. The van der Waals surface area contributed by atoms with Crippen LogP contribution >= 0.6 is 11.6 Å². The van der Waals surface area contributed by atoms with Crippen molar-refractivity contribution in [3.05, 3.63) is 11.1 Å². The highest BCUT2D eigenvalue weighted by molar-refractivity contribution is 6.28. The van der Waals surface area contributed by atoms with Gasteiger partial charge in [-0.25, -0.2) is 4.98 Å². The van der Waals surface area contributed by atoms with Crippen molar-refractivity contribution in [2.45, 2.75) is 38.0 Å². The van der Waals surface area contributed by atoms with Crippen molar-refractivity contribution in [3.8, 4) is 0 Å². The van der Waals surface area contributed by atoms with Gasteiger partial charge in [0.25, 0.3) is 0 Å². The maximum atomic E-state index is 5.73. The van der Waals surface area contributed by atoms with Crippen LogP contribution in [0.15, 0.2) is 0 Å². The Morgan fingerprint density at radius 2 is 1.79 bits per heavy atom. The molecule has 5 heteroatoms. The van der Waals surface area contributed by atoms with Gasteiger partial charge in [-0.1, -0.05) is 19.3 Å². The second-order valence-corrected chi connectivity index (χ2v) is 3.99. The van der Waals surface area contributed by atoms with Gasteiger partial charge in [0.1, 0.15) is 5.82 Å². The van der Waals surface area contributed by atoms with Gasteiger partial charge in [-0.2, -0.15) is 9.97 Å². The zero-order valence-electron chi connectivity index (χ0n) is 7.91. The SMILES string of the molecule is Nc1nc(Cl)nc(C2CCCCC2)n1. The lowest BCUT2D eigenvalue weighted by molar-refractivity contribution is 0.428. The van der Waals surface area contributed by atoms with Crippen LogP contribution in [0.3, 0.4) is 0 Å². The molecule has 14 heavy (non-hydrogen) atoms. The molecule has 0 radical (unpaired) electrons. The molecule has 1 aliphatic carbocycles. The number of hydrogen-bond donors (Lipinski definition) is 1. The number of aromatic nitrogens is 3. The van der Waals surface area contributed by atoms with Crippen LogP contribution in [-0.2, 0) is 0 Å². The van der Waals surface area contributed by atoms with Crippen molar-refractivity contribution >= 4 is 17.5 Å². The first-order valence-corrected chi connectivity index (χ1v) is 5.30. The van der Waals surface area contributed by atoms with Gasteiger partial charge in [0.05, 0.1) is 0 Å². The molecule has 1 aromatic heterocycles. The summed E-state index contributed by atoms with van der Waals surface area (Å²) in [5.41, 5.74) is 5.52. The van der Waals surface area contributed by atoms with Crippen LogP contribution in [0, 0.1) is 0 Å². The van der Waals surface area contributed by atoms with Crippen molar-refractivity contribution < 1.29 is 0 Å². The van der Waals surface area contributed by atoms with E-state index >= 15 is 0 Å². The van der Waals surface area contributed by atoms with Crippen LogP contribution in [0.5, 0.6) is 0 Å². The zero-order valence-corrected chi connectivity index (χ0v) is 8.67. The fraction of sp³-hybridized carbons (Fsp3) is 0.667. The molecule has 1 heterocycles. The predicted octanol–water partition coefficient (Wildman–Crippen LogP) is 2.15. The molecule has 1 aromatic rings. The van der Waals surface area contributed by atoms with E-state index in [-0.39, 0.29) is 11.2 Å². The van der Waals surface area contributed by atoms with Crippen molar-refractivity contribution in [3.63, 3.8) is 0 Å². The molecule has 0 spiro atoms. The third-order valence-electron chi connectivity index (χ3n) is 2.61. The van der Waals surface area contributed by atoms with E-state index in [4.69, 9.17) is 17.3 Å². The summed E-state index contributed by atoms with van der Waals surface area (Å²) in [5.74, 6) is 1.42. The lowest BCUT2D eigenvalue weighted by Crippen LogP contribution is -2.11. The highest BCUT2D eigenvalue weighted by atomic mass is 35.5. The smallest absolute Gasteiger partial charge is 0.227 e. The van der Waals surface area contributed by atoms with Gasteiger partial charge in [0.2, 0.25) is 11.2 Å². The van der Waals surface area contributed by atoms with Gasteiger partial charge in [0, 0.05) is 5.92 Å². The van der Waals surface area contributed by atoms with E-state index in [0.29, 0.717) is 5.92 Å². The predicted molar refractivity (Wildman–Crippen MR) is 55.1 cm³/mol. The molecule has 4 nitrogen and oxygen atoms in total. The van der Waals surface area contributed by atoms with Crippen LogP contribution < -0.4 is 5.73 Å². The third kappa shape index (κ3) is 2.12. The van der Waals surface area contributed by atoms with Crippen LogP contribution in [0.1, 0.15) is 43.8 Å². The topological polar surface area (TPSA) is 64.7 Å². The standard InChI is InChI=1S/C9H13ClN4/c10-8-12-7(13-9(11)14-8)6-4-2-1-3-5-6/h6H,1-5H2,(H2,11,12,13,14). The number of nitrogen functional groups attached to an aromatic ring is 1. The maximum Gasteiger partial charge on any atom is 0.227 e. The summed E-state index contributed by atoms with van der Waals surface area (Å²) in [6, 6.07) is 0. The molecule has 2 rings (SSSR count). The number of hydrogen-bond acceptors (Lipinski definition) is 4. The van der Waals surface area contributed by atoms with Gasteiger partial charge in [0.15, 0.2) is 0 Å². The van der Waals surface area contributed by atoms with Crippen LogP contribution in [-0.4, -0.2) is 15.0 Å². The lowest BCUT2D eigenvalue weighted by Gasteiger charge is -2.19. The third-order valence-corrected chi connectivity index (χ3v) is 2.78. The summed E-state index contributed by atoms with van der Waals surface area (Å²) in [6.07, 6.45) is 6.08. The molecule has 0 amide bonds. The van der Waals surface area contributed by atoms with E-state index in [1.807, 2.05) is 0 Å². The Labute approximate surface area is 87.9 Å². The van der Waals surface area contributed by atoms with Gasteiger partial charge in [-0.05, 0) is 24.4 Å². The van der Waals surface area contributed by atoms with E-state index in [0.717, 1.165) is 18.7 Å². The Hall–Kier alpha value is -0.900. The first-order valence-electron chi connectivity index (χ1n) is 4.92. The Kier molecular flexibility index (Phi) is 2.82. The van der Waals surface area contributed by atoms with Gasteiger partial charge >= 0.3 is 0 Å². The van der Waals surface area contributed by atoms with Crippen LogP contribution in [0.4, 0.5) is 5.95 Å². The van der Waals surface area contributed by atoms with E-state index < -0.39 is 0 Å². The van der Waals surface area contributed by atoms with Crippen LogP contribution in [0.2, 0.25) is 5.28 Å². The lowest BCUT2D eigenvalue weighted by atomic mass is 9.89. The van der Waals surface area contributed by atoms with Gasteiger partial charge in [-0.3, -0.25) is 0 Å². The van der Waals surface area contributed by atoms with E-state index in [1.54, 1.807) is 0 Å². The van der Waals surface area contributed by atoms with Crippen molar-refractivity contribution in [1.82, 2.24) is 15.0 Å². The number of halogens is 1. The Bertz CT molecular complexity index is 302. The number of rotatable bonds is 1. The molecular weight excluding hydrogens is 200 g/mol. The first kappa shape index (κ1) is 9.65. The number of nitrogens with two attached hydrogens (primary N) is 1. The summed E-state index contributed by atoms with van der Waals surface area (Å²) in [7, 11) is 0. The summed E-state index contributed by atoms with van der Waals surface area (Å²) < 4.78 is 0. The maximum absolute atomic E-state index is 5.73. The molecule has 1 saturated carbocycles. The highest BCUT2D eigenvalue weighted by Gasteiger charge is 2.19. The van der Waals surface area contributed by atoms with Crippen molar-refractivity contribution in [2.24, 2.45) is 0 Å². The molecule has 1 aliphatic rings. The molecule has 2 N–H and O–H groups in total. The van der Waals surface area contributed by atoms with Gasteiger partial charge in [-0.15, -0.1) is 0 Å². The fourth-order valence-corrected chi connectivity index (χ4v) is 2.10. The van der Waals surface area contributed by atoms with E-state index in [9.17, 15) is 0 Å². The quantitative estimate of drug-likeness (QED) is 0.775. The summed E-state index contributed by atoms with van der Waals surface area (Å²) in [4.78, 5) is 12.0. The molecule has 0 unspecified atom stereocenters. The molecule has 76 valence electrons. The number of anilines is 1. The Morgan fingerprint density at radius 3 is 2.43 bits per heavy atom. The van der Waals surface area contributed by atoms with Gasteiger partial charge < -0.3 is 5.73 Å². The largest absolute Gasteiger partial charge is 0.368 e. The summed E-state index contributed by atoms with van der Waals surface area (Å²) in [5, 5.41) is 0.207. The minimum absolute atomic E-state index is 0.207. The monoisotopic (exact) mass is 212 g/mol. The molecule has 0 atom stereocenters. The molecule has 0 saturated heterocycles. The van der Waals surface area contributed by atoms with Crippen molar-refractivity contribution in [2.75, 3.05) is 5.73 Å². The summed E-state index contributed by atoms with van der Waals surface area (Å²) >= 11 is 5.73. The number of nitrogens with zero attached hydrogens (tertiary/aromatic N) is 3. The normalized spacial score (nSPS) is 18.4. The summed E-state index contributed by atoms with van der Waals surface area (Å²) in [6.45, 7) is 0. The fourth-order valence-electron chi connectivity index (χ4n) is 1.92. The Morgan fingerprint density at radius 1 is 1.07 bits per heavy atom. The average molecular weight is 213 g/mol. The second-order valence-electron chi connectivity index (χ2n) is 3.66. The molecular formula is C9H13ClN4. The Balaban J connectivity index is 2.21. The molecule has 1 fully saturated rings. The van der Waals surface area contributed by atoms with E-state index in [1.165, 1.54) is 19.3 Å². The average Bonchev–Trinajstić information content (AvgIpc) is 2.18. The van der Waals surface area contributed by atoms with Crippen molar-refractivity contribution in [1.29, 1.82) is 0 Å². The highest BCUT2D eigenvalue weighted by Crippen LogP contribution is 2.30. The first-order chi connectivity index (χ1) is 6.75. The van der Waals surface area contributed by atoms with Crippen LogP contribution in [0.25, 0.3) is 0 Å².